The molecular formula is C12H19N3O3. The van der Waals surface area contributed by atoms with Gasteiger partial charge in [-0.3, -0.25) is 9.69 Å². The molecule has 1 aromatic heterocycles. The van der Waals surface area contributed by atoms with E-state index in [0.717, 1.165) is 13.0 Å². The molecule has 1 saturated heterocycles. The molecule has 0 radical (unpaired) electrons. The molecule has 0 aliphatic carbocycles. The highest BCUT2D eigenvalue weighted by molar-refractivity contribution is 5.78. The fourth-order valence-electron chi connectivity index (χ4n) is 2.25. The van der Waals surface area contributed by atoms with E-state index in [1.54, 1.807) is 6.92 Å². The molecule has 1 aliphatic heterocycles. The van der Waals surface area contributed by atoms with E-state index in [4.69, 9.17) is 4.52 Å². The Morgan fingerprint density at radius 1 is 1.61 bits per heavy atom. The SMILES string of the molecule is CC(C)c1nc(CN2CCCC2(C)C(=O)O)no1. The van der Waals surface area contributed by atoms with Crippen molar-refractivity contribution >= 4 is 5.97 Å². The zero-order valence-electron chi connectivity index (χ0n) is 11.0. The zero-order valence-corrected chi connectivity index (χ0v) is 11.0. The van der Waals surface area contributed by atoms with E-state index in [1.807, 2.05) is 18.7 Å². The number of aromatic nitrogens is 2. The number of aliphatic carboxylic acids is 1. The number of likely N-dealkylation sites (tertiary alicyclic amines) is 1. The fraction of sp³-hybridized carbons (Fsp3) is 0.750. The van der Waals surface area contributed by atoms with Crippen LogP contribution in [-0.4, -0.2) is 38.2 Å². The first kappa shape index (κ1) is 13.0. The van der Waals surface area contributed by atoms with E-state index in [-0.39, 0.29) is 5.92 Å². The maximum atomic E-state index is 11.3. The summed E-state index contributed by atoms with van der Waals surface area (Å²) in [6.45, 7) is 6.90. The second-order valence-electron chi connectivity index (χ2n) is 5.31. The molecule has 1 aromatic rings. The Bertz CT molecular complexity index is 444. The Morgan fingerprint density at radius 2 is 2.33 bits per heavy atom. The summed E-state index contributed by atoms with van der Waals surface area (Å²) >= 11 is 0. The smallest absolute Gasteiger partial charge is 0.323 e. The van der Waals surface area contributed by atoms with E-state index in [1.165, 1.54) is 0 Å². The Labute approximate surface area is 106 Å². The number of hydrogen-bond donors (Lipinski definition) is 1. The van der Waals surface area contributed by atoms with Gasteiger partial charge in [0.2, 0.25) is 5.89 Å². The molecule has 0 saturated carbocycles. The quantitative estimate of drug-likeness (QED) is 0.878. The lowest BCUT2D eigenvalue weighted by Gasteiger charge is -2.29. The summed E-state index contributed by atoms with van der Waals surface area (Å²) in [4.78, 5) is 17.5. The highest BCUT2D eigenvalue weighted by Gasteiger charge is 2.43. The fourth-order valence-corrected chi connectivity index (χ4v) is 2.25. The van der Waals surface area contributed by atoms with Crippen LogP contribution >= 0.6 is 0 Å². The lowest BCUT2D eigenvalue weighted by atomic mass is 9.99. The second-order valence-corrected chi connectivity index (χ2v) is 5.31. The van der Waals surface area contributed by atoms with Crippen molar-refractivity contribution in [1.82, 2.24) is 15.0 Å². The van der Waals surface area contributed by atoms with Gasteiger partial charge in [0, 0.05) is 5.92 Å². The lowest BCUT2D eigenvalue weighted by molar-refractivity contribution is -0.149. The van der Waals surface area contributed by atoms with E-state index >= 15 is 0 Å². The summed E-state index contributed by atoms with van der Waals surface area (Å²) in [5.41, 5.74) is -0.807. The minimum Gasteiger partial charge on any atom is -0.480 e. The molecule has 2 rings (SSSR count). The molecule has 2 heterocycles. The van der Waals surface area contributed by atoms with E-state index in [2.05, 4.69) is 10.1 Å². The van der Waals surface area contributed by atoms with Crippen molar-refractivity contribution in [3.05, 3.63) is 11.7 Å². The number of rotatable bonds is 4. The Kier molecular flexibility index (Phi) is 3.38. The molecule has 0 bridgehead atoms. The molecule has 0 amide bonds. The molecule has 1 atom stereocenters. The average molecular weight is 253 g/mol. The highest BCUT2D eigenvalue weighted by atomic mass is 16.5. The number of hydrogen-bond acceptors (Lipinski definition) is 5. The molecule has 6 nitrogen and oxygen atoms in total. The standard InChI is InChI=1S/C12H19N3O3/c1-8(2)10-13-9(14-18-10)7-15-6-4-5-12(15,3)11(16)17/h8H,4-7H2,1-3H3,(H,16,17). The Hall–Kier alpha value is -1.43. The van der Waals surface area contributed by atoms with Gasteiger partial charge in [0.25, 0.3) is 0 Å². The number of carbonyl (C=O) groups is 1. The number of nitrogens with zero attached hydrogens (tertiary/aromatic N) is 3. The summed E-state index contributed by atoms with van der Waals surface area (Å²) < 4.78 is 5.13. The van der Waals surface area contributed by atoms with Gasteiger partial charge < -0.3 is 9.63 Å². The summed E-state index contributed by atoms with van der Waals surface area (Å²) in [5, 5.41) is 13.2. The van der Waals surface area contributed by atoms with Gasteiger partial charge in [0.05, 0.1) is 6.54 Å². The summed E-state index contributed by atoms with van der Waals surface area (Å²) in [7, 11) is 0. The van der Waals surface area contributed by atoms with Gasteiger partial charge in [-0.05, 0) is 26.3 Å². The molecule has 1 unspecified atom stereocenters. The zero-order chi connectivity index (χ0) is 13.3. The van der Waals surface area contributed by atoms with Crippen LogP contribution in [0.1, 0.15) is 51.2 Å². The van der Waals surface area contributed by atoms with Crippen LogP contribution in [0.2, 0.25) is 0 Å². The van der Waals surface area contributed by atoms with Crippen LogP contribution in [0.5, 0.6) is 0 Å². The lowest BCUT2D eigenvalue weighted by Crippen LogP contribution is -2.47. The van der Waals surface area contributed by atoms with Gasteiger partial charge >= 0.3 is 5.97 Å². The normalized spacial score (nSPS) is 24.9. The average Bonchev–Trinajstić information content (AvgIpc) is 2.88. The van der Waals surface area contributed by atoms with Gasteiger partial charge in [-0.15, -0.1) is 0 Å². The molecular weight excluding hydrogens is 234 g/mol. The van der Waals surface area contributed by atoms with Crippen molar-refractivity contribution in [2.24, 2.45) is 0 Å². The van der Waals surface area contributed by atoms with Crippen molar-refractivity contribution in [1.29, 1.82) is 0 Å². The van der Waals surface area contributed by atoms with Crippen LogP contribution in [-0.2, 0) is 11.3 Å². The second kappa shape index (κ2) is 4.68. The van der Waals surface area contributed by atoms with Crippen molar-refractivity contribution < 1.29 is 14.4 Å². The maximum absolute atomic E-state index is 11.3. The van der Waals surface area contributed by atoms with Gasteiger partial charge in [0.15, 0.2) is 5.82 Å². The van der Waals surface area contributed by atoms with Crippen LogP contribution in [0.3, 0.4) is 0 Å². The van der Waals surface area contributed by atoms with Gasteiger partial charge in [-0.2, -0.15) is 4.98 Å². The summed E-state index contributed by atoms with van der Waals surface area (Å²) in [5.74, 6) is 0.567. The topological polar surface area (TPSA) is 79.5 Å². The molecule has 6 heteroatoms. The van der Waals surface area contributed by atoms with Crippen LogP contribution in [0.25, 0.3) is 0 Å². The highest BCUT2D eigenvalue weighted by Crippen LogP contribution is 2.30. The Morgan fingerprint density at radius 3 is 2.89 bits per heavy atom. The van der Waals surface area contributed by atoms with E-state index < -0.39 is 11.5 Å². The first-order chi connectivity index (χ1) is 8.43. The molecule has 18 heavy (non-hydrogen) atoms. The third kappa shape index (κ3) is 2.25. The van der Waals surface area contributed by atoms with Gasteiger partial charge in [-0.1, -0.05) is 19.0 Å². The summed E-state index contributed by atoms with van der Waals surface area (Å²) in [6, 6.07) is 0. The molecule has 0 spiro atoms. The molecule has 1 aliphatic rings. The minimum atomic E-state index is -0.807. The minimum absolute atomic E-state index is 0.190. The number of carboxylic acids is 1. The van der Waals surface area contributed by atoms with Crippen LogP contribution in [0.4, 0.5) is 0 Å². The molecule has 1 fully saturated rings. The van der Waals surface area contributed by atoms with Crippen LogP contribution in [0.15, 0.2) is 4.52 Å². The molecule has 1 N–H and O–H groups in total. The van der Waals surface area contributed by atoms with Crippen LogP contribution in [0, 0.1) is 0 Å². The third-order valence-electron chi connectivity index (χ3n) is 3.56. The maximum Gasteiger partial charge on any atom is 0.323 e. The van der Waals surface area contributed by atoms with E-state index in [0.29, 0.717) is 24.7 Å². The van der Waals surface area contributed by atoms with Crippen molar-refractivity contribution in [3.63, 3.8) is 0 Å². The van der Waals surface area contributed by atoms with Gasteiger partial charge in [-0.25, -0.2) is 0 Å². The largest absolute Gasteiger partial charge is 0.480 e. The Balaban J connectivity index is 2.10. The van der Waals surface area contributed by atoms with Crippen molar-refractivity contribution in [2.45, 2.75) is 51.6 Å². The summed E-state index contributed by atoms with van der Waals surface area (Å²) in [6.07, 6.45) is 1.55. The van der Waals surface area contributed by atoms with E-state index in [9.17, 15) is 9.90 Å². The number of carboxylic acid groups (broad SMARTS) is 1. The predicted octanol–water partition coefficient (Wildman–Crippen LogP) is 1.63. The molecule has 0 aromatic carbocycles. The third-order valence-corrected chi connectivity index (χ3v) is 3.56. The molecule has 100 valence electrons. The van der Waals surface area contributed by atoms with Crippen molar-refractivity contribution in [3.8, 4) is 0 Å². The first-order valence-corrected chi connectivity index (χ1v) is 6.24. The first-order valence-electron chi connectivity index (χ1n) is 6.24. The predicted molar refractivity (Wildman–Crippen MR) is 64.1 cm³/mol. The van der Waals surface area contributed by atoms with Crippen molar-refractivity contribution in [2.75, 3.05) is 6.54 Å². The van der Waals surface area contributed by atoms with Crippen LogP contribution < -0.4 is 0 Å². The monoisotopic (exact) mass is 253 g/mol. The van der Waals surface area contributed by atoms with Gasteiger partial charge in [0.1, 0.15) is 5.54 Å².